The molecule has 0 aromatic heterocycles. The van der Waals surface area contributed by atoms with Crippen molar-refractivity contribution in [2.24, 2.45) is 0 Å². The SMILES string of the molecule is COc1cccc2c1OC[C@H]1NCCC[C@H]21.Cl. The highest BCUT2D eigenvalue weighted by atomic mass is 35.5. The van der Waals surface area contributed by atoms with E-state index in [9.17, 15) is 0 Å². The summed E-state index contributed by atoms with van der Waals surface area (Å²) in [5.74, 6) is 2.41. The molecule has 0 saturated carbocycles. The van der Waals surface area contributed by atoms with E-state index >= 15 is 0 Å². The molecule has 1 saturated heterocycles. The molecule has 0 aliphatic carbocycles. The maximum absolute atomic E-state index is 5.83. The van der Waals surface area contributed by atoms with Crippen LogP contribution in [0.2, 0.25) is 0 Å². The molecular formula is C13H18ClNO2. The van der Waals surface area contributed by atoms with Gasteiger partial charge in [0.2, 0.25) is 0 Å². The van der Waals surface area contributed by atoms with Crippen LogP contribution < -0.4 is 14.8 Å². The standard InChI is InChI=1S/C13H17NO2.ClH/c1-15-12-6-2-4-10-9-5-3-7-14-11(9)8-16-13(10)12;/h2,4,6,9,11,14H,3,5,7-8H2,1H3;1H/t9-,11-;/m1./s1. The molecule has 2 atom stereocenters. The topological polar surface area (TPSA) is 30.5 Å². The molecule has 1 aromatic carbocycles. The quantitative estimate of drug-likeness (QED) is 0.836. The van der Waals surface area contributed by atoms with Gasteiger partial charge in [0.25, 0.3) is 0 Å². The molecule has 2 aliphatic rings. The van der Waals surface area contributed by atoms with Crippen molar-refractivity contribution in [2.75, 3.05) is 20.3 Å². The van der Waals surface area contributed by atoms with Gasteiger partial charge in [0.15, 0.2) is 11.5 Å². The van der Waals surface area contributed by atoms with Crippen molar-refractivity contribution >= 4 is 12.4 Å². The number of ether oxygens (including phenoxy) is 2. The van der Waals surface area contributed by atoms with E-state index < -0.39 is 0 Å². The number of rotatable bonds is 1. The van der Waals surface area contributed by atoms with Crippen molar-refractivity contribution in [1.29, 1.82) is 0 Å². The van der Waals surface area contributed by atoms with Crippen LogP contribution in [-0.2, 0) is 0 Å². The van der Waals surface area contributed by atoms with Gasteiger partial charge in [-0.15, -0.1) is 12.4 Å². The number of hydrogen-bond acceptors (Lipinski definition) is 3. The molecule has 3 rings (SSSR count). The van der Waals surface area contributed by atoms with Gasteiger partial charge in [-0.1, -0.05) is 12.1 Å². The third-order valence-electron chi connectivity index (χ3n) is 3.62. The predicted octanol–water partition coefficient (Wildman–Crippen LogP) is 2.35. The largest absolute Gasteiger partial charge is 0.493 e. The molecule has 0 radical (unpaired) electrons. The third kappa shape index (κ3) is 2.09. The van der Waals surface area contributed by atoms with Crippen molar-refractivity contribution < 1.29 is 9.47 Å². The average molecular weight is 256 g/mol. The fraction of sp³-hybridized carbons (Fsp3) is 0.538. The summed E-state index contributed by atoms with van der Waals surface area (Å²) in [6.07, 6.45) is 2.50. The van der Waals surface area contributed by atoms with Crippen LogP contribution in [0.1, 0.15) is 24.3 Å². The average Bonchev–Trinajstić information content (AvgIpc) is 2.37. The Labute approximate surface area is 108 Å². The van der Waals surface area contributed by atoms with Crippen LogP contribution in [0.15, 0.2) is 18.2 Å². The first-order valence-electron chi connectivity index (χ1n) is 5.93. The molecule has 17 heavy (non-hydrogen) atoms. The highest BCUT2D eigenvalue weighted by Gasteiger charge is 2.33. The molecule has 0 bridgehead atoms. The van der Waals surface area contributed by atoms with Crippen molar-refractivity contribution in [3.63, 3.8) is 0 Å². The Bertz CT molecular complexity index is 397. The Morgan fingerprint density at radius 2 is 2.29 bits per heavy atom. The molecule has 2 aliphatic heterocycles. The number of benzene rings is 1. The number of piperidine rings is 1. The van der Waals surface area contributed by atoms with E-state index in [1.165, 1.54) is 18.4 Å². The number of nitrogens with one attached hydrogen (secondary N) is 1. The third-order valence-corrected chi connectivity index (χ3v) is 3.62. The lowest BCUT2D eigenvalue weighted by molar-refractivity contribution is 0.183. The Kier molecular flexibility index (Phi) is 3.79. The Morgan fingerprint density at radius 1 is 1.41 bits per heavy atom. The highest BCUT2D eigenvalue weighted by Crippen LogP contribution is 2.43. The summed E-state index contributed by atoms with van der Waals surface area (Å²) in [4.78, 5) is 0. The molecule has 4 heteroatoms. The summed E-state index contributed by atoms with van der Waals surface area (Å²) in [5, 5.41) is 3.53. The lowest BCUT2D eigenvalue weighted by atomic mass is 9.83. The first kappa shape index (κ1) is 12.5. The van der Waals surface area contributed by atoms with Gasteiger partial charge in [0.05, 0.1) is 7.11 Å². The van der Waals surface area contributed by atoms with E-state index in [0.717, 1.165) is 24.7 Å². The van der Waals surface area contributed by atoms with Gasteiger partial charge in [-0.25, -0.2) is 0 Å². The molecule has 1 N–H and O–H groups in total. The van der Waals surface area contributed by atoms with E-state index in [-0.39, 0.29) is 12.4 Å². The van der Waals surface area contributed by atoms with E-state index in [0.29, 0.717) is 12.0 Å². The van der Waals surface area contributed by atoms with Gasteiger partial charge < -0.3 is 14.8 Å². The normalized spacial score (nSPS) is 25.9. The number of halogens is 1. The molecule has 3 nitrogen and oxygen atoms in total. The lowest BCUT2D eigenvalue weighted by Gasteiger charge is -2.38. The Morgan fingerprint density at radius 3 is 3.12 bits per heavy atom. The van der Waals surface area contributed by atoms with Crippen molar-refractivity contribution in [1.82, 2.24) is 5.32 Å². The lowest BCUT2D eigenvalue weighted by Crippen LogP contribution is -2.46. The summed E-state index contributed by atoms with van der Waals surface area (Å²) in [7, 11) is 1.70. The van der Waals surface area contributed by atoms with E-state index in [1.807, 2.05) is 6.07 Å². The van der Waals surface area contributed by atoms with Crippen molar-refractivity contribution in [3.05, 3.63) is 23.8 Å². The highest BCUT2D eigenvalue weighted by molar-refractivity contribution is 5.85. The minimum Gasteiger partial charge on any atom is -0.493 e. The predicted molar refractivity (Wildman–Crippen MR) is 69.5 cm³/mol. The summed E-state index contributed by atoms with van der Waals surface area (Å²) >= 11 is 0. The number of methoxy groups -OCH3 is 1. The number of hydrogen-bond donors (Lipinski definition) is 1. The van der Waals surface area contributed by atoms with Crippen LogP contribution in [0.3, 0.4) is 0 Å². The first-order valence-corrected chi connectivity index (χ1v) is 5.93. The first-order chi connectivity index (χ1) is 7.90. The molecule has 2 heterocycles. The Balaban J connectivity index is 0.00000108. The second-order valence-electron chi connectivity index (χ2n) is 4.50. The van der Waals surface area contributed by atoms with Crippen LogP contribution in [-0.4, -0.2) is 26.3 Å². The summed E-state index contributed by atoms with van der Waals surface area (Å²) < 4.78 is 11.2. The minimum atomic E-state index is 0. The molecular weight excluding hydrogens is 238 g/mol. The zero-order valence-electron chi connectivity index (χ0n) is 9.94. The molecule has 0 spiro atoms. The van der Waals surface area contributed by atoms with Crippen LogP contribution >= 0.6 is 12.4 Å². The fourth-order valence-electron chi connectivity index (χ4n) is 2.81. The molecule has 0 unspecified atom stereocenters. The summed E-state index contributed by atoms with van der Waals surface area (Å²) in [6, 6.07) is 6.67. The van der Waals surface area contributed by atoms with Gasteiger partial charge in [-0.2, -0.15) is 0 Å². The summed E-state index contributed by atoms with van der Waals surface area (Å²) in [5.41, 5.74) is 1.31. The maximum atomic E-state index is 5.83. The zero-order chi connectivity index (χ0) is 11.0. The van der Waals surface area contributed by atoms with Gasteiger partial charge >= 0.3 is 0 Å². The van der Waals surface area contributed by atoms with Crippen LogP contribution in [0.25, 0.3) is 0 Å². The number of para-hydroxylation sites is 1. The minimum absolute atomic E-state index is 0. The molecule has 1 fully saturated rings. The number of fused-ring (bicyclic) bond motifs is 3. The smallest absolute Gasteiger partial charge is 0.164 e. The molecule has 0 amide bonds. The van der Waals surface area contributed by atoms with Crippen LogP contribution in [0.4, 0.5) is 0 Å². The van der Waals surface area contributed by atoms with E-state index in [2.05, 4.69) is 17.4 Å². The van der Waals surface area contributed by atoms with Crippen LogP contribution in [0, 0.1) is 0 Å². The second-order valence-corrected chi connectivity index (χ2v) is 4.50. The monoisotopic (exact) mass is 255 g/mol. The van der Waals surface area contributed by atoms with E-state index in [1.54, 1.807) is 7.11 Å². The van der Waals surface area contributed by atoms with Crippen LogP contribution in [0.5, 0.6) is 11.5 Å². The zero-order valence-corrected chi connectivity index (χ0v) is 10.8. The summed E-state index contributed by atoms with van der Waals surface area (Å²) in [6.45, 7) is 1.88. The molecule has 1 aromatic rings. The second kappa shape index (κ2) is 5.15. The fourth-order valence-corrected chi connectivity index (χ4v) is 2.81. The van der Waals surface area contributed by atoms with E-state index in [4.69, 9.17) is 9.47 Å². The van der Waals surface area contributed by atoms with Gasteiger partial charge in [-0.05, 0) is 25.5 Å². The Hall–Kier alpha value is -0.930. The molecule has 94 valence electrons. The van der Waals surface area contributed by atoms with Crippen molar-refractivity contribution in [2.45, 2.75) is 24.8 Å². The maximum Gasteiger partial charge on any atom is 0.164 e. The van der Waals surface area contributed by atoms with Crippen molar-refractivity contribution in [3.8, 4) is 11.5 Å². The van der Waals surface area contributed by atoms with Gasteiger partial charge in [-0.3, -0.25) is 0 Å². The van der Waals surface area contributed by atoms with Gasteiger partial charge in [0, 0.05) is 17.5 Å². The van der Waals surface area contributed by atoms with Gasteiger partial charge in [0.1, 0.15) is 6.61 Å².